The number of hydrogen-bond donors (Lipinski definition) is 1. The van der Waals surface area contributed by atoms with E-state index in [1.807, 2.05) is 17.0 Å². The summed E-state index contributed by atoms with van der Waals surface area (Å²) in [6.07, 6.45) is 2.51. The van der Waals surface area contributed by atoms with E-state index in [-0.39, 0.29) is 0 Å². The zero-order valence-corrected chi connectivity index (χ0v) is 13.1. The van der Waals surface area contributed by atoms with Crippen molar-refractivity contribution in [1.29, 1.82) is 0 Å². The fraction of sp³-hybridized carbons (Fsp3) is 0.375. The van der Waals surface area contributed by atoms with Gasteiger partial charge in [0.15, 0.2) is 5.82 Å². The topological polar surface area (TPSA) is 74.2 Å². The minimum absolute atomic E-state index is 0.602. The molecule has 3 rings (SSSR count). The van der Waals surface area contributed by atoms with Crippen molar-refractivity contribution in [3.05, 3.63) is 41.6 Å². The van der Waals surface area contributed by atoms with Crippen molar-refractivity contribution in [1.82, 2.24) is 20.1 Å². The third kappa shape index (κ3) is 3.74. The zero-order chi connectivity index (χ0) is 16.1. The summed E-state index contributed by atoms with van der Waals surface area (Å²) in [5.41, 5.74) is 2.47. The highest BCUT2D eigenvalue weighted by atomic mass is 16.1. The fourth-order valence-electron chi connectivity index (χ4n) is 2.53. The molecule has 2 heterocycles. The van der Waals surface area contributed by atoms with Gasteiger partial charge in [0.25, 0.3) is 0 Å². The number of benzene rings is 1. The van der Waals surface area contributed by atoms with Crippen LogP contribution in [0.3, 0.4) is 0 Å². The number of rotatable bonds is 5. The molecular weight excluding hydrogens is 292 g/mol. The third-order valence-electron chi connectivity index (χ3n) is 4.02. The second-order valence-electron chi connectivity index (χ2n) is 5.55. The lowest BCUT2D eigenvalue weighted by atomic mass is 10.1. The number of carbonyl (C=O) groups excluding carboxylic acids is 1. The molecular formula is C16H20N6O. The molecule has 23 heavy (non-hydrogen) atoms. The van der Waals surface area contributed by atoms with Crippen LogP contribution < -0.4 is 10.2 Å². The summed E-state index contributed by atoms with van der Waals surface area (Å²) in [6, 6.07) is 8.24. The largest absolute Gasteiger partial charge is 0.365 e. The Morgan fingerprint density at radius 3 is 2.74 bits per heavy atom. The molecule has 1 fully saturated rings. The zero-order valence-electron chi connectivity index (χ0n) is 13.1. The molecule has 1 saturated heterocycles. The normalized spacial score (nSPS) is 14.7. The minimum Gasteiger partial charge on any atom is -0.365 e. The number of anilines is 2. The standard InChI is InChI=1S/C16H20N6O/c1-13-4-2-3-5-14(13)10-17-15-11-18-20-16(19-15)22-8-6-21(12-23)7-9-22/h2-5,11-12H,6-10H2,1H3,(H,17,19,20). The molecule has 7 nitrogen and oxygen atoms in total. The smallest absolute Gasteiger partial charge is 0.247 e. The molecule has 1 aliphatic heterocycles. The molecule has 1 aromatic carbocycles. The molecule has 0 atom stereocenters. The number of aromatic nitrogens is 3. The molecule has 120 valence electrons. The Hall–Kier alpha value is -2.70. The van der Waals surface area contributed by atoms with Crippen molar-refractivity contribution in [2.75, 3.05) is 36.4 Å². The Morgan fingerprint density at radius 2 is 2.00 bits per heavy atom. The van der Waals surface area contributed by atoms with Crippen LogP contribution in [0.25, 0.3) is 0 Å². The van der Waals surface area contributed by atoms with Crippen LogP contribution in [0.2, 0.25) is 0 Å². The van der Waals surface area contributed by atoms with Gasteiger partial charge in [0.1, 0.15) is 0 Å². The molecule has 1 aromatic heterocycles. The van der Waals surface area contributed by atoms with E-state index in [2.05, 4.69) is 39.6 Å². The van der Waals surface area contributed by atoms with Crippen molar-refractivity contribution >= 4 is 18.2 Å². The molecule has 0 saturated carbocycles. The van der Waals surface area contributed by atoms with Gasteiger partial charge in [0, 0.05) is 32.7 Å². The van der Waals surface area contributed by atoms with Gasteiger partial charge in [-0.15, -0.1) is 5.10 Å². The molecule has 1 amide bonds. The second kappa shape index (κ2) is 7.04. The van der Waals surface area contributed by atoms with Gasteiger partial charge in [-0.2, -0.15) is 10.1 Å². The fourth-order valence-corrected chi connectivity index (χ4v) is 2.53. The van der Waals surface area contributed by atoms with Gasteiger partial charge in [-0.1, -0.05) is 24.3 Å². The van der Waals surface area contributed by atoms with Crippen molar-refractivity contribution in [2.45, 2.75) is 13.5 Å². The Balaban J connectivity index is 1.64. The molecule has 0 radical (unpaired) electrons. The average Bonchev–Trinajstić information content (AvgIpc) is 2.61. The summed E-state index contributed by atoms with van der Waals surface area (Å²) < 4.78 is 0. The Kier molecular flexibility index (Phi) is 4.65. The molecule has 1 N–H and O–H groups in total. The van der Waals surface area contributed by atoms with Crippen molar-refractivity contribution in [2.24, 2.45) is 0 Å². The summed E-state index contributed by atoms with van der Waals surface area (Å²) in [7, 11) is 0. The molecule has 0 aliphatic carbocycles. The van der Waals surface area contributed by atoms with Crippen LogP contribution in [0.15, 0.2) is 30.5 Å². The van der Waals surface area contributed by atoms with Gasteiger partial charge in [0.05, 0.1) is 6.20 Å². The number of nitrogens with zero attached hydrogens (tertiary/aromatic N) is 5. The first-order valence-corrected chi connectivity index (χ1v) is 7.68. The highest BCUT2D eigenvalue weighted by Crippen LogP contribution is 2.13. The first kappa shape index (κ1) is 15.2. The van der Waals surface area contributed by atoms with E-state index in [4.69, 9.17) is 0 Å². The van der Waals surface area contributed by atoms with Crippen LogP contribution >= 0.6 is 0 Å². The Labute approximate surface area is 135 Å². The summed E-state index contributed by atoms with van der Waals surface area (Å²) >= 11 is 0. The van der Waals surface area contributed by atoms with Crippen molar-refractivity contribution in [3.8, 4) is 0 Å². The monoisotopic (exact) mass is 312 g/mol. The van der Waals surface area contributed by atoms with E-state index in [1.165, 1.54) is 11.1 Å². The van der Waals surface area contributed by atoms with Gasteiger partial charge in [-0.25, -0.2) is 0 Å². The van der Waals surface area contributed by atoms with E-state index in [0.29, 0.717) is 31.4 Å². The molecule has 0 bridgehead atoms. The number of amides is 1. The maximum atomic E-state index is 10.8. The Morgan fingerprint density at radius 1 is 1.22 bits per heavy atom. The number of carbonyl (C=O) groups is 1. The maximum absolute atomic E-state index is 10.8. The second-order valence-corrected chi connectivity index (χ2v) is 5.55. The van der Waals surface area contributed by atoms with Gasteiger partial charge in [-0.05, 0) is 18.1 Å². The number of hydrogen-bond acceptors (Lipinski definition) is 6. The first-order chi connectivity index (χ1) is 11.3. The lowest BCUT2D eigenvalue weighted by molar-refractivity contribution is -0.118. The minimum atomic E-state index is 0.602. The van der Waals surface area contributed by atoms with Gasteiger partial charge in [0.2, 0.25) is 12.4 Å². The number of aryl methyl sites for hydroxylation is 1. The SMILES string of the molecule is Cc1ccccc1CNc1cnnc(N2CCN(C=O)CC2)n1. The van der Waals surface area contributed by atoms with E-state index in [1.54, 1.807) is 11.1 Å². The molecule has 1 aliphatic rings. The van der Waals surface area contributed by atoms with Crippen LogP contribution in [-0.2, 0) is 11.3 Å². The summed E-state index contributed by atoms with van der Waals surface area (Å²) in [4.78, 5) is 19.1. The quantitative estimate of drug-likeness (QED) is 0.833. The molecule has 0 unspecified atom stereocenters. The molecule has 2 aromatic rings. The third-order valence-corrected chi connectivity index (χ3v) is 4.02. The lowest BCUT2D eigenvalue weighted by Crippen LogP contribution is -2.46. The molecule has 7 heteroatoms. The van der Waals surface area contributed by atoms with E-state index in [9.17, 15) is 4.79 Å². The average molecular weight is 312 g/mol. The van der Waals surface area contributed by atoms with Crippen LogP contribution in [0, 0.1) is 6.92 Å². The summed E-state index contributed by atoms with van der Waals surface area (Å²) in [5, 5.41) is 11.4. The van der Waals surface area contributed by atoms with Crippen LogP contribution in [-0.4, -0.2) is 52.7 Å². The van der Waals surface area contributed by atoms with Gasteiger partial charge in [-0.3, -0.25) is 4.79 Å². The lowest BCUT2D eigenvalue weighted by Gasteiger charge is -2.32. The predicted molar refractivity (Wildman–Crippen MR) is 88.2 cm³/mol. The summed E-state index contributed by atoms with van der Waals surface area (Å²) in [5.74, 6) is 1.31. The van der Waals surface area contributed by atoms with Crippen LogP contribution in [0.1, 0.15) is 11.1 Å². The van der Waals surface area contributed by atoms with E-state index in [0.717, 1.165) is 19.5 Å². The number of nitrogens with one attached hydrogen (secondary N) is 1. The van der Waals surface area contributed by atoms with E-state index < -0.39 is 0 Å². The summed E-state index contributed by atoms with van der Waals surface area (Å²) in [6.45, 7) is 5.61. The highest BCUT2D eigenvalue weighted by Gasteiger charge is 2.18. The highest BCUT2D eigenvalue weighted by molar-refractivity contribution is 5.48. The predicted octanol–water partition coefficient (Wildman–Crippen LogP) is 1.07. The van der Waals surface area contributed by atoms with Crippen LogP contribution in [0.5, 0.6) is 0 Å². The first-order valence-electron chi connectivity index (χ1n) is 7.68. The maximum Gasteiger partial charge on any atom is 0.247 e. The van der Waals surface area contributed by atoms with E-state index >= 15 is 0 Å². The Bertz CT molecular complexity index is 669. The van der Waals surface area contributed by atoms with Gasteiger partial charge >= 0.3 is 0 Å². The number of piperazine rings is 1. The molecule has 0 spiro atoms. The van der Waals surface area contributed by atoms with Crippen molar-refractivity contribution in [3.63, 3.8) is 0 Å². The van der Waals surface area contributed by atoms with Crippen LogP contribution in [0.4, 0.5) is 11.8 Å². The van der Waals surface area contributed by atoms with Crippen molar-refractivity contribution < 1.29 is 4.79 Å². The van der Waals surface area contributed by atoms with Gasteiger partial charge < -0.3 is 15.1 Å².